The molecule has 2 rings (SSSR count). The normalized spacial score (nSPS) is 14.4. The maximum absolute atomic E-state index is 11.8. The first-order valence-corrected chi connectivity index (χ1v) is 6.00. The summed E-state index contributed by atoms with van der Waals surface area (Å²) in [5, 5.41) is 2.88. The van der Waals surface area contributed by atoms with Gasteiger partial charge in [0.15, 0.2) is 11.5 Å². The van der Waals surface area contributed by atoms with E-state index in [1.807, 2.05) is 19.9 Å². The zero-order valence-electron chi connectivity index (χ0n) is 10.7. The molecule has 1 aromatic rings. The van der Waals surface area contributed by atoms with Crippen LogP contribution in [0.3, 0.4) is 0 Å². The van der Waals surface area contributed by atoms with E-state index in [0.717, 1.165) is 17.0 Å². The molecule has 18 heavy (non-hydrogen) atoms. The molecular weight excluding hydrogens is 232 g/mol. The predicted octanol–water partition coefficient (Wildman–Crippen LogP) is 1.65. The number of nitrogens with two attached hydrogens (primary N) is 1. The molecule has 1 atom stereocenters. The number of carbonyl (C=O) groups is 1. The Balaban J connectivity index is 2.07. The van der Waals surface area contributed by atoms with Crippen LogP contribution in [0.25, 0.3) is 0 Å². The highest BCUT2D eigenvalue weighted by molar-refractivity contribution is 5.92. The molecule has 0 saturated carbocycles. The number of fused-ring (bicyclic) bond motifs is 1. The van der Waals surface area contributed by atoms with Crippen LogP contribution in [0, 0.1) is 12.8 Å². The summed E-state index contributed by atoms with van der Waals surface area (Å²) in [4.78, 5) is 11.8. The van der Waals surface area contributed by atoms with Gasteiger partial charge in [0.2, 0.25) is 12.7 Å². The van der Waals surface area contributed by atoms with Crippen LogP contribution < -0.4 is 20.5 Å². The fourth-order valence-electron chi connectivity index (χ4n) is 1.78. The zero-order valence-corrected chi connectivity index (χ0v) is 10.7. The molecular formula is C13H18N2O3. The van der Waals surface area contributed by atoms with Crippen molar-refractivity contribution in [1.29, 1.82) is 0 Å². The van der Waals surface area contributed by atoms with Crippen molar-refractivity contribution in [2.75, 3.05) is 18.7 Å². The number of carbonyl (C=O) groups excluding carboxylic acids is 1. The largest absolute Gasteiger partial charge is 0.454 e. The second-order valence-electron chi connectivity index (χ2n) is 4.61. The Kier molecular flexibility index (Phi) is 3.72. The third-order valence-electron chi connectivity index (χ3n) is 2.93. The molecule has 0 saturated heterocycles. The maximum atomic E-state index is 11.8. The van der Waals surface area contributed by atoms with Crippen molar-refractivity contribution in [2.24, 2.45) is 11.7 Å². The molecule has 1 aliphatic heterocycles. The van der Waals surface area contributed by atoms with Crippen LogP contribution in [0.2, 0.25) is 0 Å². The molecule has 1 aromatic carbocycles. The number of anilines is 1. The topological polar surface area (TPSA) is 73.6 Å². The Hall–Kier alpha value is -1.75. The van der Waals surface area contributed by atoms with Gasteiger partial charge in [-0.1, -0.05) is 6.92 Å². The lowest BCUT2D eigenvalue weighted by molar-refractivity contribution is -0.116. The minimum absolute atomic E-state index is 0.0325. The van der Waals surface area contributed by atoms with Crippen molar-refractivity contribution in [2.45, 2.75) is 20.3 Å². The first-order chi connectivity index (χ1) is 8.60. The second-order valence-corrected chi connectivity index (χ2v) is 4.61. The molecule has 5 nitrogen and oxygen atoms in total. The van der Waals surface area contributed by atoms with Gasteiger partial charge in [0.25, 0.3) is 0 Å². The van der Waals surface area contributed by atoms with Crippen LogP contribution in [0.15, 0.2) is 12.1 Å². The molecule has 0 fully saturated rings. The van der Waals surface area contributed by atoms with Gasteiger partial charge in [-0.25, -0.2) is 0 Å². The highest BCUT2D eigenvalue weighted by Gasteiger charge is 2.17. The molecule has 3 N–H and O–H groups in total. The number of aryl methyl sites for hydroxylation is 1. The van der Waals surface area contributed by atoms with Gasteiger partial charge in [-0.2, -0.15) is 0 Å². The third kappa shape index (κ3) is 2.73. The Bertz CT molecular complexity index is 460. The lowest BCUT2D eigenvalue weighted by Crippen LogP contribution is -2.20. The molecule has 1 heterocycles. The molecule has 1 unspecified atom stereocenters. The lowest BCUT2D eigenvalue weighted by Gasteiger charge is -2.11. The number of hydrogen-bond acceptors (Lipinski definition) is 4. The number of ether oxygens (including phenoxy) is 2. The monoisotopic (exact) mass is 250 g/mol. The molecule has 0 aromatic heterocycles. The number of nitrogens with one attached hydrogen (secondary N) is 1. The fourth-order valence-corrected chi connectivity index (χ4v) is 1.78. The van der Waals surface area contributed by atoms with Crippen LogP contribution in [0.1, 0.15) is 18.9 Å². The van der Waals surface area contributed by atoms with E-state index in [1.54, 1.807) is 6.07 Å². The zero-order chi connectivity index (χ0) is 13.1. The summed E-state index contributed by atoms with van der Waals surface area (Å²) in [6.45, 7) is 4.61. The maximum Gasteiger partial charge on any atom is 0.231 e. The van der Waals surface area contributed by atoms with Gasteiger partial charge < -0.3 is 20.5 Å². The summed E-state index contributed by atoms with van der Waals surface area (Å²) in [6.07, 6.45) is 0.421. The molecule has 5 heteroatoms. The average Bonchev–Trinajstić information content (AvgIpc) is 2.76. The molecule has 1 aliphatic rings. The number of rotatable bonds is 4. The predicted molar refractivity (Wildman–Crippen MR) is 68.8 cm³/mol. The third-order valence-corrected chi connectivity index (χ3v) is 2.93. The van der Waals surface area contributed by atoms with E-state index < -0.39 is 0 Å². The van der Waals surface area contributed by atoms with Crippen molar-refractivity contribution in [3.8, 4) is 11.5 Å². The van der Waals surface area contributed by atoms with E-state index in [9.17, 15) is 4.79 Å². The minimum atomic E-state index is -0.0325. The number of benzene rings is 1. The minimum Gasteiger partial charge on any atom is -0.454 e. The first-order valence-electron chi connectivity index (χ1n) is 6.00. The van der Waals surface area contributed by atoms with Gasteiger partial charge in [0.1, 0.15) is 0 Å². The molecule has 98 valence electrons. The summed E-state index contributed by atoms with van der Waals surface area (Å²) >= 11 is 0. The molecule has 0 spiro atoms. The molecule has 0 bridgehead atoms. The van der Waals surface area contributed by atoms with E-state index in [0.29, 0.717) is 18.7 Å². The number of hydrogen-bond donors (Lipinski definition) is 2. The van der Waals surface area contributed by atoms with Gasteiger partial charge >= 0.3 is 0 Å². The summed E-state index contributed by atoms with van der Waals surface area (Å²) in [6, 6.07) is 3.66. The van der Waals surface area contributed by atoms with Crippen molar-refractivity contribution >= 4 is 11.6 Å². The van der Waals surface area contributed by atoms with Gasteiger partial charge in [0.05, 0.1) is 0 Å². The quantitative estimate of drug-likeness (QED) is 0.852. The fraction of sp³-hybridized carbons (Fsp3) is 0.462. The Morgan fingerprint density at radius 2 is 2.11 bits per heavy atom. The second kappa shape index (κ2) is 5.27. The number of amides is 1. The van der Waals surface area contributed by atoms with E-state index in [1.165, 1.54) is 0 Å². The SMILES string of the molecule is Cc1cc2c(cc1NC(=O)CC(C)CN)OCO2. The first kappa shape index (κ1) is 12.7. The van der Waals surface area contributed by atoms with Gasteiger partial charge in [0, 0.05) is 18.2 Å². The molecule has 0 radical (unpaired) electrons. The van der Waals surface area contributed by atoms with Crippen molar-refractivity contribution < 1.29 is 14.3 Å². The van der Waals surface area contributed by atoms with Crippen LogP contribution >= 0.6 is 0 Å². The van der Waals surface area contributed by atoms with Crippen LogP contribution in [-0.2, 0) is 4.79 Å². The molecule has 0 aliphatic carbocycles. The average molecular weight is 250 g/mol. The van der Waals surface area contributed by atoms with Crippen LogP contribution in [0.4, 0.5) is 5.69 Å². The summed E-state index contributed by atoms with van der Waals surface area (Å²) in [5.74, 6) is 1.54. The molecule has 1 amide bonds. The summed E-state index contributed by atoms with van der Waals surface area (Å²) in [7, 11) is 0. The Morgan fingerprint density at radius 1 is 1.44 bits per heavy atom. The van der Waals surface area contributed by atoms with Gasteiger partial charge in [-0.05, 0) is 31.0 Å². The van der Waals surface area contributed by atoms with Crippen molar-refractivity contribution in [3.05, 3.63) is 17.7 Å². The lowest BCUT2D eigenvalue weighted by atomic mass is 10.1. The summed E-state index contributed by atoms with van der Waals surface area (Å²) < 4.78 is 10.6. The van der Waals surface area contributed by atoms with Gasteiger partial charge in [-0.15, -0.1) is 0 Å². The van der Waals surface area contributed by atoms with Crippen molar-refractivity contribution in [1.82, 2.24) is 0 Å². The summed E-state index contributed by atoms with van der Waals surface area (Å²) in [5.41, 5.74) is 7.21. The highest BCUT2D eigenvalue weighted by Crippen LogP contribution is 2.36. The Labute approximate surface area is 106 Å². The van der Waals surface area contributed by atoms with Crippen LogP contribution in [0.5, 0.6) is 11.5 Å². The van der Waals surface area contributed by atoms with E-state index in [-0.39, 0.29) is 18.6 Å². The van der Waals surface area contributed by atoms with E-state index in [4.69, 9.17) is 15.2 Å². The highest BCUT2D eigenvalue weighted by atomic mass is 16.7. The van der Waals surface area contributed by atoms with E-state index >= 15 is 0 Å². The van der Waals surface area contributed by atoms with Gasteiger partial charge in [-0.3, -0.25) is 4.79 Å². The van der Waals surface area contributed by atoms with E-state index in [2.05, 4.69) is 5.32 Å². The van der Waals surface area contributed by atoms with Crippen LogP contribution in [-0.4, -0.2) is 19.2 Å². The van der Waals surface area contributed by atoms with Crippen molar-refractivity contribution in [3.63, 3.8) is 0 Å². The standard InChI is InChI=1S/C13H18N2O3/c1-8(6-14)3-13(16)15-10-5-12-11(4-9(10)2)17-7-18-12/h4-5,8H,3,6-7,14H2,1-2H3,(H,15,16). The smallest absolute Gasteiger partial charge is 0.231 e. The Morgan fingerprint density at radius 3 is 2.78 bits per heavy atom.